The summed E-state index contributed by atoms with van der Waals surface area (Å²) >= 11 is 6.06. The maximum atomic E-state index is 12.6. The lowest BCUT2D eigenvalue weighted by Gasteiger charge is -2.32. The summed E-state index contributed by atoms with van der Waals surface area (Å²) < 4.78 is 3.68. The highest BCUT2D eigenvalue weighted by atomic mass is 35.5. The average molecular weight is 344 g/mol. The van der Waals surface area contributed by atoms with Crippen molar-refractivity contribution in [2.45, 2.75) is 32.2 Å². The fourth-order valence-electron chi connectivity index (χ4n) is 3.41. The van der Waals surface area contributed by atoms with Gasteiger partial charge in [0.05, 0.1) is 11.0 Å². The highest BCUT2D eigenvalue weighted by Crippen LogP contribution is 2.26. The van der Waals surface area contributed by atoms with E-state index in [1.807, 2.05) is 29.8 Å². The van der Waals surface area contributed by atoms with Crippen LogP contribution in [0.1, 0.15) is 32.2 Å². The first kappa shape index (κ1) is 17.4. The first-order valence-electron chi connectivity index (χ1n) is 7.70. The van der Waals surface area contributed by atoms with Crippen molar-refractivity contribution in [1.29, 1.82) is 0 Å². The number of imidazole rings is 1. The van der Waals surface area contributed by atoms with Crippen molar-refractivity contribution in [3.05, 3.63) is 33.7 Å². The van der Waals surface area contributed by atoms with Crippen LogP contribution in [0.3, 0.4) is 0 Å². The molecule has 1 aliphatic rings. The number of halogens is 2. The fourth-order valence-corrected chi connectivity index (χ4v) is 3.57. The van der Waals surface area contributed by atoms with E-state index >= 15 is 0 Å². The molecule has 2 heterocycles. The third-order valence-corrected chi connectivity index (χ3v) is 4.75. The standard InChI is InChI=1S/C16H22ClN3O.ClH/c1-3-8-19-9-6-13(7-10-19)20-14-5-4-12(17)11-15(14)18(2)16(20)21;/h4-5,11,13H,3,6-10H2,1-2H3;1H. The molecule has 0 saturated carbocycles. The predicted molar refractivity (Wildman–Crippen MR) is 94.4 cm³/mol. The molecular weight excluding hydrogens is 321 g/mol. The van der Waals surface area contributed by atoms with E-state index < -0.39 is 0 Å². The van der Waals surface area contributed by atoms with Crippen LogP contribution in [-0.2, 0) is 7.05 Å². The predicted octanol–water partition coefficient (Wildman–Crippen LogP) is 3.46. The minimum Gasteiger partial charge on any atom is -0.303 e. The van der Waals surface area contributed by atoms with E-state index in [0.717, 1.165) is 43.5 Å². The maximum absolute atomic E-state index is 12.6. The van der Waals surface area contributed by atoms with E-state index in [4.69, 9.17) is 11.6 Å². The summed E-state index contributed by atoms with van der Waals surface area (Å²) in [5.41, 5.74) is 1.99. The zero-order chi connectivity index (χ0) is 15.0. The minimum atomic E-state index is 0. The van der Waals surface area contributed by atoms with Crippen molar-refractivity contribution in [2.24, 2.45) is 7.05 Å². The zero-order valence-electron chi connectivity index (χ0n) is 13.1. The quantitative estimate of drug-likeness (QED) is 0.854. The van der Waals surface area contributed by atoms with E-state index in [1.165, 1.54) is 6.42 Å². The van der Waals surface area contributed by atoms with Crippen LogP contribution in [0, 0.1) is 0 Å². The summed E-state index contributed by atoms with van der Waals surface area (Å²) in [6, 6.07) is 6.01. The van der Waals surface area contributed by atoms with Crippen molar-refractivity contribution in [1.82, 2.24) is 14.0 Å². The molecule has 0 N–H and O–H groups in total. The molecule has 1 fully saturated rings. The SMILES string of the molecule is CCCN1CCC(n2c(=O)n(C)c3cc(Cl)ccc32)CC1.Cl. The molecule has 0 atom stereocenters. The van der Waals surface area contributed by atoms with Gasteiger partial charge in [-0.25, -0.2) is 4.79 Å². The van der Waals surface area contributed by atoms with Gasteiger partial charge in [-0.05, 0) is 44.0 Å². The van der Waals surface area contributed by atoms with E-state index in [-0.39, 0.29) is 18.1 Å². The Morgan fingerprint density at radius 3 is 2.55 bits per heavy atom. The second-order valence-corrected chi connectivity index (χ2v) is 6.35. The Labute approximate surface area is 142 Å². The van der Waals surface area contributed by atoms with Crippen molar-refractivity contribution in [3.63, 3.8) is 0 Å². The maximum Gasteiger partial charge on any atom is 0.329 e. The van der Waals surface area contributed by atoms with Crippen LogP contribution in [0.4, 0.5) is 0 Å². The Bertz CT molecular complexity index is 699. The molecule has 6 heteroatoms. The van der Waals surface area contributed by atoms with Crippen LogP contribution in [0.2, 0.25) is 5.02 Å². The Kier molecular flexibility index (Phi) is 5.59. The van der Waals surface area contributed by atoms with Gasteiger partial charge in [0.25, 0.3) is 0 Å². The van der Waals surface area contributed by atoms with E-state index in [9.17, 15) is 4.79 Å². The summed E-state index contributed by atoms with van der Waals surface area (Å²) in [6.07, 6.45) is 3.28. The van der Waals surface area contributed by atoms with Gasteiger partial charge in [-0.2, -0.15) is 0 Å². The minimum absolute atomic E-state index is 0. The van der Waals surface area contributed by atoms with Crippen LogP contribution >= 0.6 is 24.0 Å². The van der Waals surface area contributed by atoms with Gasteiger partial charge in [-0.15, -0.1) is 12.4 Å². The number of hydrogen-bond acceptors (Lipinski definition) is 2. The number of hydrogen-bond donors (Lipinski definition) is 0. The fraction of sp³-hybridized carbons (Fsp3) is 0.562. The summed E-state index contributed by atoms with van der Waals surface area (Å²) in [5, 5.41) is 0.674. The number of benzene rings is 1. The molecule has 2 aromatic rings. The van der Waals surface area contributed by atoms with Crippen LogP contribution in [0.25, 0.3) is 11.0 Å². The molecule has 1 aromatic carbocycles. The number of piperidine rings is 1. The highest BCUT2D eigenvalue weighted by Gasteiger charge is 2.24. The van der Waals surface area contributed by atoms with E-state index in [0.29, 0.717) is 11.1 Å². The lowest BCUT2D eigenvalue weighted by molar-refractivity contribution is 0.187. The van der Waals surface area contributed by atoms with Gasteiger partial charge >= 0.3 is 5.69 Å². The number of nitrogens with zero attached hydrogens (tertiary/aromatic N) is 3. The smallest absolute Gasteiger partial charge is 0.303 e. The summed E-state index contributed by atoms with van der Waals surface area (Å²) in [7, 11) is 1.82. The Balaban J connectivity index is 0.00000176. The highest BCUT2D eigenvalue weighted by molar-refractivity contribution is 6.31. The molecule has 1 saturated heterocycles. The molecular formula is C16H23Cl2N3O. The van der Waals surface area contributed by atoms with Crippen molar-refractivity contribution >= 4 is 35.0 Å². The molecule has 0 spiro atoms. The van der Waals surface area contributed by atoms with Gasteiger partial charge < -0.3 is 4.90 Å². The second kappa shape index (κ2) is 7.07. The number of aromatic nitrogens is 2. The van der Waals surface area contributed by atoms with Crippen LogP contribution in [0.15, 0.2) is 23.0 Å². The number of rotatable bonds is 3. The number of likely N-dealkylation sites (tertiary alicyclic amines) is 1. The van der Waals surface area contributed by atoms with Gasteiger partial charge in [0, 0.05) is 31.2 Å². The molecule has 3 rings (SSSR count). The van der Waals surface area contributed by atoms with Gasteiger partial charge in [-0.1, -0.05) is 18.5 Å². The number of aryl methyl sites for hydroxylation is 1. The van der Waals surface area contributed by atoms with Gasteiger partial charge in [0.1, 0.15) is 0 Å². The van der Waals surface area contributed by atoms with Gasteiger partial charge in [0.15, 0.2) is 0 Å². The first-order chi connectivity index (χ1) is 10.1. The molecule has 122 valence electrons. The van der Waals surface area contributed by atoms with Gasteiger partial charge in [-0.3, -0.25) is 9.13 Å². The Morgan fingerprint density at radius 1 is 1.23 bits per heavy atom. The third-order valence-electron chi connectivity index (χ3n) is 4.51. The Hall–Kier alpha value is -0.970. The monoisotopic (exact) mass is 343 g/mol. The van der Waals surface area contributed by atoms with Crippen LogP contribution in [0.5, 0.6) is 0 Å². The lowest BCUT2D eigenvalue weighted by Crippen LogP contribution is -2.37. The zero-order valence-corrected chi connectivity index (χ0v) is 14.7. The van der Waals surface area contributed by atoms with Crippen LogP contribution in [-0.4, -0.2) is 33.7 Å². The molecule has 0 unspecified atom stereocenters. The molecule has 22 heavy (non-hydrogen) atoms. The summed E-state index contributed by atoms with van der Waals surface area (Å²) in [4.78, 5) is 15.1. The molecule has 1 aliphatic heterocycles. The van der Waals surface area contributed by atoms with Crippen molar-refractivity contribution < 1.29 is 0 Å². The number of fused-ring (bicyclic) bond motifs is 1. The molecule has 0 radical (unpaired) electrons. The van der Waals surface area contributed by atoms with Crippen LogP contribution < -0.4 is 5.69 Å². The van der Waals surface area contributed by atoms with Gasteiger partial charge in [0.2, 0.25) is 0 Å². The molecule has 0 bridgehead atoms. The van der Waals surface area contributed by atoms with Crippen molar-refractivity contribution in [2.75, 3.05) is 19.6 Å². The summed E-state index contributed by atoms with van der Waals surface area (Å²) in [5.74, 6) is 0. The van der Waals surface area contributed by atoms with Crippen molar-refractivity contribution in [3.8, 4) is 0 Å². The van der Waals surface area contributed by atoms with E-state index in [1.54, 1.807) is 4.57 Å². The average Bonchev–Trinajstić information content (AvgIpc) is 2.73. The molecule has 4 nitrogen and oxygen atoms in total. The van der Waals surface area contributed by atoms with E-state index in [2.05, 4.69) is 11.8 Å². The topological polar surface area (TPSA) is 30.2 Å². The molecule has 0 aliphatic carbocycles. The Morgan fingerprint density at radius 2 is 1.91 bits per heavy atom. The largest absolute Gasteiger partial charge is 0.329 e. The first-order valence-corrected chi connectivity index (χ1v) is 8.08. The second-order valence-electron chi connectivity index (χ2n) is 5.92. The third kappa shape index (κ3) is 3.05. The molecule has 1 aromatic heterocycles. The summed E-state index contributed by atoms with van der Waals surface area (Å²) in [6.45, 7) is 5.53. The molecule has 0 amide bonds. The normalized spacial score (nSPS) is 16.9. The lowest BCUT2D eigenvalue weighted by atomic mass is 10.0.